The number of amidine groups is 1. The Balaban J connectivity index is 0.989. The summed E-state index contributed by atoms with van der Waals surface area (Å²) in [5.41, 5.74) is 7.77. The number of nitrogens with zero attached hydrogens (tertiary/aromatic N) is 2. The summed E-state index contributed by atoms with van der Waals surface area (Å²) in [4.78, 5) is 46.1. The lowest BCUT2D eigenvalue weighted by atomic mass is 10.1. The molecule has 0 radical (unpaired) electrons. The standard InChI is InChI=1S/C51H79F4N5O14S/c1-3-13-60(14-7-11-57-2)51(63)39-35-44-43(59-45(56)36-39)37-40(75-44)8-5-4-6-12-58-46(61)9-15-64-17-19-66-21-23-68-25-27-70-29-31-72-33-34-73-32-30-71-28-26-69-24-22-67-20-18-65-16-10-47(62)74-50-48(54)41(52)38-42(53)49(50)55/h35,37-38,57H,3-34,36H2,1-2H3,(H2,56,59)(H,58,61). The van der Waals surface area contributed by atoms with E-state index in [0.717, 1.165) is 55.6 Å². The lowest BCUT2D eigenvalue weighted by Crippen LogP contribution is -2.35. The van der Waals surface area contributed by atoms with Crippen LogP contribution >= 0.6 is 11.3 Å². The number of carbonyl (C=O) groups is 3. The fourth-order valence-corrected chi connectivity index (χ4v) is 7.97. The third kappa shape index (κ3) is 29.8. The molecule has 0 bridgehead atoms. The minimum atomic E-state index is -1.80. The molecule has 0 spiro atoms. The molecule has 75 heavy (non-hydrogen) atoms. The smallest absolute Gasteiger partial charge is 0.313 e. The average Bonchev–Trinajstić information content (AvgIpc) is 3.69. The second kappa shape index (κ2) is 41.9. The summed E-state index contributed by atoms with van der Waals surface area (Å²) in [7, 11) is 1.91. The minimum Gasteiger partial charge on any atom is -0.420 e. The number of benzene rings is 1. The number of ether oxygens (including phenoxy) is 11. The van der Waals surface area contributed by atoms with Gasteiger partial charge in [-0.05, 0) is 57.8 Å². The van der Waals surface area contributed by atoms with Crippen molar-refractivity contribution < 1.29 is 84.1 Å². The van der Waals surface area contributed by atoms with Crippen LogP contribution in [0.25, 0.3) is 6.08 Å². The molecule has 0 saturated carbocycles. The number of amides is 2. The number of unbranched alkanes of at least 4 members (excludes halogenated alkanes) is 2. The molecular weight excluding hydrogens is 1010 g/mol. The molecule has 0 unspecified atom stereocenters. The molecule has 0 saturated heterocycles. The van der Waals surface area contributed by atoms with Crippen molar-refractivity contribution in [2.24, 2.45) is 10.7 Å². The zero-order valence-corrected chi connectivity index (χ0v) is 44.5. The lowest BCUT2D eigenvalue weighted by Gasteiger charge is -2.23. The number of aryl methyl sites for hydroxylation is 1. The van der Waals surface area contributed by atoms with Crippen LogP contribution in [0.1, 0.15) is 68.0 Å². The Kier molecular flexibility index (Phi) is 36.4. The summed E-state index contributed by atoms with van der Waals surface area (Å²) in [6.45, 7) is 11.8. The molecular formula is C51H79F4N5O14S. The van der Waals surface area contributed by atoms with Crippen LogP contribution < -0.4 is 21.1 Å². The molecule has 0 aliphatic carbocycles. The van der Waals surface area contributed by atoms with Gasteiger partial charge in [-0.15, -0.1) is 11.3 Å². The Bertz CT molecular complexity index is 1940. The minimum absolute atomic E-state index is 0.0162. The van der Waals surface area contributed by atoms with Gasteiger partial charge in [-0.25, -0.2) is 13.8 Å². The largest absolute Gasteiger partial charge is 0.420 e. The first-order valence-electron chi connectivity index (χ1n) is 25.7. The van der Waals surface area contributed by atoms with Crippen LogP contribution in [0.15, 0.2) is 22.7 Å². The number of fused-ring (bicyclic) bond motifs is 1. The quantitative estimate of drug-likeness (QED) is 0.0252. The van der Waals surface area contributed by atoms with Gasteiger partial charge in [-0.1, -0.05) is 13.3 Å². The van der Waals surface area contributed by atoms with E-state index >= 15 is 0 Å². The first-order valence-corrected chi connectivity index (χ1v) is 26.5. The second-order valence-electron chi connectivity index (χ2n) is 16.7. The topological polar surface area (TPSA) is 218 Å². The van der Waals surface area contributed by atoms with Gasteiger partial charge in [-0.2, -0.15) is 8.78 Å². The molecule has 0 atom stereocenters. The number of hydrogen-bond acceptors (Lipinski definition) is 18. The van der Waals surface area contributed by atoms with Crippen molar-refractivity contribution in [3.05, 3.63) is 50.7 Å². The maximum Gasteiger partial charge on any atom is 0.313 e. The molecule has 0 fully saturated rings. The number of thiophene rings is 1. The molecule has 1 aromatic carbocycles. The van der Waals surface area contributed by atoms with Gasteiger partial charge in [0.1, 0.15) is 5.84 Å². The maximum atomic E-state index is 13.6. The van der Waals surface area contributed by atoms with Gasteiger partial charge in [0, 0.05) is 49.0 Å². The maximum absolute atomic E-state index is 13.6. The van der Waals surface area contributed by atoms with Crippen molar-refractivity contribution in [1.82, 2.24) is 15.5 Å². The first-order chi connectivity index (χ1) is 36.5. The van der Waals surface area contributed by atoms with Gasteiger partial charge >= 0.3 is 5.97 Å². The molecule has 4 N–H and O–H groups in total. The van der Waals surface area contributed by atoms with Gasteiger partial charge < -0.3 is 73.4 Å². The highest BCUT2D eigenvalue weighted by Crippen LogP contribution is 2.35. The predicted molar refractivity (Wildman–Crippen MR) is 274 cm³/mol. The fraction of sp³-hybridized carbons (Fsp3) is 0.686. The molecule has 1 aromatic heterocycles. The van der Waals surface area contributed by atoms with Crippen molar-refractivity contribution in [1.29, 1.82) is 0 Å². The molecule has 24 heteroatoms. The van der Waals surface area contributed by atoms with Crippen molar-refractivity contribution in [3.63, 3.8) is 0 Å². The third-order valence-electron chi connectivity index (χ3n) is 10.6. The van der Waals surface area contributed by atoms with E-state index in [1.54, 1.807) is 11.3 Å². The number of nitrogens with one attached hydrogen (secondary N) is 2. The number of aliphatic imine (C=N–C) groups is 1. The summed E-state index contributed by atoms with van der Waals surface area (Å²) < 4.78 is 112. The zero-order chi connectivity index (χ0) is 54.1. The van der Waals surface area contributed by atoms with Crippen LogP contribution in [0, 0.1) is 23.3 Å². The molecule has 1 aliphatic rings. The highest BCUT2D eigenvalue weighted by Gasteiger charge is 2.24. The Morgan fingerprint density at radius 1 is 0.627 bits per heavy atom. The van der Waals surface area contributed by atoms with E-state index in [0.29, 0.717) is 156 Å². The molecule has 2 aromatic rings. The van der Waals surface area contributed by atoms with Crippen molar-refractivity contribution in [3.8, 4) is 5.75 Å². The van der Waals surface area contributed by atoms with E-state index in [1.165, 1.54) is 4.88 Å². The number of hydrogen-bond donors (Lipinski definition) is 3. The summed E-state index contributed by atoms with van der Waals surface area (Å²) >= 11 is 1.66. The Hall–Kier alpha value is -4.18. The van der Waals surface area contributed by atoms with Gasteiger partial charge in [0.2, 0.25) is 29.2 Å². The Morgan fingerprint density at radius 2 is 1.11 bits per heavy atom. The molecule has 1 aliphatic heterocycles. The van der Waals surface area contributed by atoms with Crippen molar-refractivity contribution >= 4 is 46.7 Å². The van der Waals surface area contributed by atoms with E-state index in [1.807, 2.05) is 18.0 Å². The van der Waals surface area contributed by atoms with E-state index in [-0.39, 0.29) is 37.7 Å². The first kappa shape index (κ1) is 65.1. The van der Waals surface area contributed by atoms with E-state index < -0.39 is 41.4 Å². The number of rotatable bonds is 47. The average molecular weight is 1090 g/mol. The molecule has 2 amide bonds. The normalized spacial score (nSPS) is 12.3. The summed E-state index contributed by atoms with van der Waals surface area (Å²) in [6, 6.07) is 2.10. The number of halogens is 4. The zero-order valence-electron chi connectivity index (χ0n) is 43.7. The van der Waals surface area contributed by atoms with E-state index in [2.05, 4.69) is 33.4 Å². The highest BCUT2D eigenvalue weighted by molar-refractivity contribution is 7.13. The van der Waals surface area contributed by atoms with Crippen molar-refractivity contribution in [2.75, 3.05) is 165 Å². The number of nitrogens with two attached hydrogens (primary N) is 1. The summed E-state index contributed by atoms with van der Waals surface area (Å²) in [5, 5.41) is 6.11. The molecule has 2 heterocycles. The SMILES string of the molecule is CCCN(CCCNC)C(=O)C1=Cc2sc(CCCCCNC(=O)CCOCCOCCOCCOCCOCCOCCOCCOCCOCCOCCC(=O)Oc3c(F)c(F)cc(F)c3F)cc2N=C(N)C1. The number of esters is 1. The highest BCUT2D eigenvalue weighted by atomic mass is 32.1. The monoisotopic (exact) mass is 1090 g/mol. The fourth-order valence-electron chi connectivity index (χ4n) is 6.86. The van der Waals surface area contributed by atoms with Gasteiger partial charge in [0.25, 0.3) is 0 Å². The van der Waals surface area contributed by atoms with Gasteiger partial charge in [0.15, 0.2) is 11.6 Å². The van der Waals surface area contributed by atoms with Crippen LogP contribution in [0.5, 0.6) is 5.75 Å². The summed E-state index contributed by atoms with van der Waals surface area (Å²) in [5.74, 6) is -9.07. The van der Waals surface area contributed by atoms with Crippen LogP contribution in [0.3, 0.4) is 0 Å². The van der Waals surface area contributed by atoms with E-state index in [4.69, 9.17) is 53.1 Å². The van der Waals surface area contributed by atoms with Crippen LogP contribution in [-0.4, -0.2) is 194 Å². The van der Waals surface area contributed by atoms with Crippen LogP contribution in [0.4, 0.5) is 23.2 Å². The molecule has 19 nitrogen and oxygen atoms in total. The third-order valence-corrected chi connectivity index (χ3v) is 11.8. The predicted octanol–water partition coefficient (Wildman–Crippen LogP) is 5.31. The molecule has 426 valence electrons. The van der Waals surface area contributed by atoms with Crippen LogP contribution in [0.2, 0.25) is 0 Å². The second-order valence-corrected chi connectivity index (χ2v) is 17.9. The van der Waals surface area contributed by atoms with Gasteiger partial charge in [-0.3, -0.25) is 14.4 Å². The van der Waals surface area contributed by atoms with E-state index in [9.17, 15) is 31.9 Å². The van der Waals surface area contributed by atoms with Gasteiger partial charge in [0.05, 0.1) is 149 Å². The lowest BCUT2D eigenvalue weighted by molar-refractivity contribution is -0.136. The van der Waals surface area contributed by atoms with Crippen molar-refractivity contribution in [2.45, 2.75) is 64.7 Å². The Morgan fingerprint density at radius 3 is 1.59 bits per heavy atom. The molecule has 3 rings (SSSR count). The summed E-state index contributed by atoms with van der Waals surface area (Å²) in [6.07, 6.45) is 7.73. The number of carbonyl (C=O) groups excluding carboxylic acids is 3. The van der Waals surface area contributed by atoms with Crippen LogP contribution in [-0.2, 0) is 68.2 Å². The Labute approximate surface area is 442 Å².